The molecule has 0 unspecified atom stereocenters. The van der Waals surface area contributed by atoms with Gasteiger partial charge in [-0.25, -0.2) is 12.8 Å². The number of benzene rings is 1. The normalized spacial score (nSPS) is 12.1. The van der Waals surface area contributed by atoms with Crippen LogP contribution in [0.25, 0.3) is 10.1 Å². The van der Waals surface area contributed by atoms with Gasteiger partial charge in [-0.1, -0.05) is 6.07 Å². The predicted molar refractivity (Wildman–Crippen MR) is 60.3 cm³/mol. The van der Waals surface area contributed by atoms with E-state index in [2.05, 4.69) is 0 Å². The average Bonchev–Trinajstić information content (AvgIpc) is 2.42. The summed E-state index contributed by atoms with van der Waals surface area (Å²) in [5.74, 6) is -0.542. The molecule has 80 valence electrons. The fraction of sp³-hybridized carbons (Fsp3) is 0.111. The molecule has 0 aliphatic carbocycles. The molecular weight excluding hydrogens is 259 g/mol. The molecule has 2 rings (SSSR count). The van der Waals surface area contributed by atoms with Crippen LogP contribution in [0.2, 0.25) is 0 Å². The molecule has 0 amide bonds. The molecule has 15 heavy (non-hydrogen) atoms. The Morgan fingerprint density at radius 3 is 2.73 bits per heavy atom. The Morgan fingerprint density at radius 1 is 1.33 bits per heavy atom. The standard InChI is InChI=1S/C9H6ClFO2S2/c10-15(12,13)5-8-3-6-1-2-7(11)4-9(6)14-8/h1-4H,5H2. The molecule has 0 saturated carbocycles. The van der Waals surface area contributed by atoms with Crippen molar-refractivity contribution in [1.82, 2.24) is 0 Å². The lowest BCUT2D eigenvalue weighted by molar-refractivity contribution is 0.609. The fourth-order valence-electron chi connectivity index (χ4n) is 1.30. The van der Waals surface area contributed by atoms with Crippen molar-refractivity contribution in [1.29, 1.82) is 0 Å². The minimum absolute atomic E-state index is 0.213. The van der Waals surface area contributed by atoms with E-state index in [9.17, 15) is 12.8 Å². The van der Waals surface area contributed by atoms with Gasteiger partial charge in [0.1, 0.15) is 5.82 Å². The fourth-order valence-corrected chi connectivity index (χ4v) is 3.86. The van der Waals surface area contributed by atoms with Gasteiger partial charge in [-0.05, 0) is 23.6 Å². The van der Waals surface area contributed by atoms with Crippen molar-refractivity contribution >= 4 is 41.2 Å². The first-order valence-electron chi connectivity index (χ1n) is 4.04. The highest BCUT2D eigenvalue weighted by Gasteiger charge is 2.10. The van der Waals surface area contributed by atoms with Crippen molar-refractivity contribution in [2.45, 2.75) is 5.75 Å². The zero-order valence-corrected chi connectivity index (χ0v) is 9.79. The Kier molecular flexibility index (Phi) is 2.70. The summed E-state index contributed by atoms with van der Waals surface area (Å²) in [6.07, 6.45) is 0. The van der Waals surface area contributed by atoms with Crippen LogP contribution in [-0.4, -0.2) is 8.42 Å². The maximum absolute atomic E-state index is 12.8. The number of fused-ring (bicyclic) bond motifs is 1. The third-order valence-corrected chi connectivity index (χ3v) is 4.11. The van der Waals surface area contributed by atoms with E-state index < -0.39 is 9.05 Å². The first-order chi connectivity index (χ1) is 6.94. The van der Waals surface area contributed by atoms with E-state index in [-0.39, 0.29) is 11.6 Å². The summed E-state index contributed by atoms with van der Waals surface area (Å²) < 4.78 is 35.3. The Labute approximate surface area is 94.7 Å². The van der Waals surface area contributed by atoms with E-state index in [1.807, 2.05) is 0 Å². The smallest absolute Gasteiger partial charge is 0.212 e. The van der Waals surface area contributed by atoms with Gasteiger partial charge in [-0.3, -0.25) is 0 Å². The Morgan fingerprint density at radius 2 is 2.07 bits per heavy atom. The maximum Gasteiger partial charge on any atom is 0.237 e. The topological polar surface area (TPSA) is 34.1 Å². The van der Waals surface area contributed by atoms with E-state index in [1.165, 1.54) is 23.5 Å². The SMILES string of the molecule is O=S(=O)(Cl)Cc1cc2ccc(F)cc2s1. The molecule has 2 aromatic rings. The van der Waals surface area contributed by atoms with Gasteiger partial charge in [-0.15, -0.1) is 11.3 Å². The summed E-state index contributed by atoms with van der Waals surface area (Å²) in [7, 11) is 1.59. The molecule has 0 aliphatic heterocycles. The number of halogens is 2. The van der Waals surface area contributed by atoms with Crippen molar-refractivity contribution in [2.24, 2.45) is 0 Å². The molecule has 0 saturated heterocycles. The number of rotatable bonds is 2. The first kappa shape index (κ1) is 10.9. The predicted octanol–water partition coefficient (Wildman–Crippen LogP) is 3.11. The van der Waals surface area contributed by atoms with Gasteiger partial charge in [-0.2, -0.15) is 0 Å². The number of hydrogen-bond acceptors (Lipinski definition) is 3. The van der Waals surface area contributed by atoms with Crippen molar-refractivity contribution in [3.63, 3.8) is 0 Å². The summed E-state index contributed by atoms with van der Waals surface area (Å²) in [5, 5.41) is 0.830. The summed E-state index contributed by atoms with van der Waals surface area (Å²) in [4.78, 5) is 0.616. The van der Waals surface area contributed by atoms with Crippen molar-refractivity contribution < 1.29 is 12.8 Å². The molecule has 1 heterocycles. The monoisotopic (exact) mass is 264 g/mol. The van der Waals surface area contributed by atoms with E-state index in [4.69, 9.17) is 10.7 Å². The second-order valence-corrected chi connectivity index (χ2v) is 7.02. The summed E-state index contributed by atoms with van der Waals surface area (Å²) in [5.41, 5.74) is 0. The van der Waals surface area contributed by atoms with Crippen LogP contribution in [0.1, 0.15) is 4.88 Å². The second-order valence-electron chi connectivity index (χ2n) is 3.08. The Bertz CT molecular complexity index is 604. The number of hydrogen-bond donors (Lipinski definition) is 0. The molecule has 0 aliphatic rings. The van der Waals surface area contributed by atoms with Crippen LogP contribution < -0.4 is 0 Å². The van der Waals surface area contributed by atoms with Crippen LogP contribution >= 0.6 is 22.0 Å². The van der Waals surface area contributed by atoms with Gasteiger partial charge in [0.2, 0.25) is 9.05 Å². The Hall–Kier alpha value is -0.650. The van der Waals surface area contributed by atoms with Gasteiger partial charge < -0.3 is 0 Å². The lowest BCUT2D eigenvalue weighted by atomic mass is 10.2. The minimum Gasteiger partial charge on any atom is -0.212 e. The van der Waals surface area contributed by atoms with Gasteiger partial charge in [0.05, 0.1) is 5.75 Å². The van der Waals surface area contributed by atoms with Crippen LogP contribution in [0.4, 0.5) is 4.39 Å². The molecular formula is C9H6ClFO2S2. The zero-order valence-electron chi connectivity index (χ0n) is 7.41. The molecule has 1 aromatic heterocycles. The largest absolute Gasteiger partial charge is 0.237 e. The summed E-state index contributed by atoms with van der Waals surface area (Å²) in [6, 6.07) is 6.04. The van der Waals surface area contributed by atoms with Gasteiger partial charge in [0, 0.05) is 20.3 Å². The average molecular weight is 265 g/mol. The first-order valence-corrected chi connectivity index (χ1v) is 7.34. The van der Waals surface area contributed by atoms with E-state index in [0.717, 1.165) is 10.1 Å². The highest BCUT2D eigenvalue weighted by atomic mass is 35.7. The molecule has 0 fully saturated rings. The van der Waals surface area contributed by atoms with E-state index >= 15 is 0 Å². The number of thiophene rings is 1. The third kappa shape index (κ3) is 2.68. The molecule has 0 spiro atoms. The summed E-state index contributed by atoms with van der Waals surface area (Å²) >= 11 is 1.23. The highest BCUT2D eigenvalue weighted by Crippen LogP contribution is 2.28. The third-order valence-electron chi connectivity index (χ3n) is 1.85. The lowest BCUT2D eigenvalue weighted by Crippen LogP contribution is -1.91. The van der Waals surface area contributed by atoms with Gasteiger partial charge >= 0.3 is 0 Å². The van der Waals surface area contributed by atoms with Crippen LogP contribution in [0.5, 0.6) is 0 Å². The maximum atomic E-state index is 12.8. The van der Waals surface area contributed by atoms with Crippen molar-refractivity contribution in [3.8, 4) is 0 Å². The van der Waals surface area contributed by atoms with Crippen LogP contribution in [0, 0.1) is 5.82 Å². The quantitative estimate of drug-likeness (QED) is 0.781. The van der Waals surface area contributed by atoms with Crippen LogP contribution in [-0.2, 0) is 14.8 Å². The summed E-state index contributed by atoms with van der Waals surface area (Å²) in [6.45, 7) is 0. The van der Waals surface area contributed by atoms with E-state index in [1.54, 1.807) is 12.1 Å². The van der Waals surface area contributed by atoms with Crippen LogP contribution in [0.15, 0.2) is 24.3 Å². The molecule has 1 aromatic carbocycles. The zero-order chi connectivity index (χ0) is 11.1. The Balaban J connectivity index is 2.48. The van der Waals surface area contributed by atoms with Crippen molar-refractivity contribution in [2.75, 3.05) is 0 Å². The minimum atomic E-state index is -3.55. The molecule has 2 nitrogen and oxygen atoms in total. The molecule has 0 N–H and O–H groups in total. The van der Waals surface area contributed by atoms with Crippen LogP contribution in [0.3, 0.4) is 0 Å². The molecule has 0 bridgehead atoms. The second kappa shape index (κ2) is 3.73. The van der Waals surface area contributed by atoms with Gasteiger partial charge in [0.25, 0.3) is 0 Å². The highest BCUT2D eigenvalue weighted by molar-refractivity contribution is 8.13. The van der Waals surface area contributed by atoms with E-state index in [0.29, 0.717) is 4.88 Å². The molecule has 6 heteroatoms. The lowest BCUT2D eigenvalue weighted by Gasteiger charge is -1.88. The van der Waals surface area contributed by atoms with Gasteiger partial charge in [0.15, 0.2) is 0 Å². The van der Waals surface area contributed by atoms with Crippen molar-refractivity contribution in [3.05, 3.63) is 35.0 Å². The molecule has 0 radical (unpaired) electrons. The molecule has 0 atom stereocenters.